The van der Waals surface area contributed by atoms with Crippen molar-refractivity contribution in [3.05, 3.63) is 101 Å². The van der Waals surface area contributed by atoms with E-state index in [0.29, 0.717) is 56.3 Å². The summed E-state index contributed by atoms with van der Waals surface area (Å²) < 4.78 is 29.2. The van der Waals surface area contributed by atoms with E-state index in [9.17, 15) is 9.59 Å². The molecule has 0 aliphatic rings. The fraction of sp³-hybridized carbons (Fsp3) is 0.156. The zero-order chi connectivity index (χ0) is 29.8. The van der Waals surface area contributed by atoms with Crippen LogP contribution in [0.15, 0.2) is 83.8 Å². The summed E-state index contributed by atoms with van der Waals surface area (Å²) in [6.07, 6.45) is 1.68. The summed E-state index contributed by atoms with van der Waals surface area (Å²) in [4.78, 5) is 32.0. The molecule has 0 aliphatic heterocycles. The highest BCUT2D eigenvalue weighted by Crippen LogP contribution is 2.44. The predicted octanol–water partition coefficient (Wildman–Crippen LogP) is 5.87. The first kappa shape index (κ1) is 33.6. The predicted molar refractivity (Wildman–Crippen MR) is 173 cm³/mol. The zero-order valence-electron chi connectivity index (χ0n) is 24.4. The first-order valence-corrected chi connectivity index (χ1v) is 12.9. The lowest BCUT2D eigenvalue weighted by atomic mass is 9.95. The number of hydrogen-bond donors (Lipinski definition) is 1. The van der Waals surface area contributed by atoms with Crippen molar-refractivity contribution in [2.75, 3.05) is 34.2 Å². The Labute approximate surface area is 266 Å². The summed E-state index contributed by atoms with van der Waals surface area (Å²) in [5, 5.41) is 0.799. The highest BCUT2D eigenvalue weighted by molar-refractivity contribution is 6.08. The molecular weight excluding hydrogens is 609 g/mol. The van der Waals surface area contributed by atoms with Gasteiger partial charge in [0.25, 0.3) is 5.56 Å². The Morgan fingerprint density at radius 3 is 2.09 bits per heavy atom. The lowest BCUT2D eigenvalue weighted by Crippen LogP contribution is -2.27. The lowest BCUT2D eigenvalue weighted by Gasteiger charge is -2.21. The fourth-order valence-corrected chi connectivity index (χ4v) is 4.79. The summed E-state index contributed by atoms with van der Waals surface area (Å²) in [6, 6.07) is 20.7. The molecule has 0 saturated heterocycles. The van der Waals surface area contributed by atoms with Crippen LogP contribution in [-0.4, -0.2) is 44.0 Å². The van der Waals surface area contributed by atoms with E-state index in [4.69, 9.17) is 29.4 Å². The number of nitrogen functional groups attached to an aromatic ring is 1. The zero-order valence-corrected chi connectivity index (χ0v) is 26.0. The number of aromatic nitrogens is 2. The van der Waals surface area contributed by atoms with Crippen LogP contribution in [0.5, 0.6) is 23.0 Å². The Morgan fingerprint density at radius 2 is 1.52 bits per heavy atom. The van der Waals surface area contributed by atoms with Gasteiger partial charge in [0, 0.05) is 23.1 Å². The van der Waals surface area contributed by atoms with Gasteiger partial charge in [0.1, 0.15) is 18.1 Å². The van der Waals surface area contributed by atoms with Crippen LogP contribution in [0.4, 0.5) is 5.69 Å². The van der Waals surface area contributed by atoms with E-state index in [1.165, 1.54) is 33.0 Å². The Kier molecular flexibility index (Phi) is 11.1. The smallest absolute Gasteiger partial charge is 0.355 e. The van der Waals surface area contributed by atoms with Crippen LogP contribution in [0.2, 0.25) is 0 Å². The Balaban J connectivity index is 0.00000264. The fourth-order valence-electron chi connectivity index (χ4n) is 4.79. The van der Waals surface area contributed by atoms with Crippen molar-refractivity contribution in [2.45, 2.75) is 6.61 Å². The molecule has 0 bridgehead atoms. The Bertz CT molecular complexity index is 1800. The van der Waals surface area contributed by atoms with Gasteiger partial charge >= 0.3 is 5.97 Å². The van der Waals surface area contributed by atoms with E-state index in [1.54, 1.807) is 60.8 Å². The van der Waals surface area contributed by atoms with Gasteiger partial charge in [-0.05, 0) is 77.7 Å². The van der Waals surface area contributed by atoms with Crippen LogP contribution in [0.3, 0.4) is 0 Å². The maximum absolute atomic E-state index is 14.2. The number of carbonyl (C=O) groups is 1. The third-order valence-corrected chi connectivity index (χ3v) is 6.75. The topological polar surface area (TPSA) is 124 Å². The number of rotatable bonds is 9. The van der Waals surface area contributed by atoms with Gasteiger partial charge in [0.2, 0.25) is 5.75 Å². The van der Waals surface area contributed by atoms with E-state index in [2.05, 4.69) is 4.98 Å². The van der Waals surface area contributed by atoms with Crippen molar-refractivity contribution < 1.29 is 28.5 Å². The van der Waals surface area contributed by atoms with Crippen molar-refractivity contribution >= 4 is 47.2 Å². The minimum Gasteiger partial charge on any atom is -0.493 e. The number of anilines is 1. The lowest BCUT2D eigenvalue weighted by molar-refractivity contribution is 0.0591. The van der Waals surface area contributed by atoms with Crippen LogP contribution in [0, 0.1) is 0 Å². The molecule has 0 amide bonds. The molecule has 12 heteroatoms. The molecule has 0 radical (unpaired) electrons. The number of benzene rings is 3. The molecule has 0 atom stereocenters. The molecule has 44 heavy (non-hydrogen) atoms. The molecule has 2 heterocycles. The van der Waals surface area contributed by atoms with E-state index < -0.39 is 11.5 Å². The molecule has 5 rings (SSSR count). The molecule has 0 unspecified atom stereocenters. The maximum Gasteiger partial charge on any atom is 0.355 e. The number of nitrogens with zero attached hydrogens (tertiary/aromatic N) is 2. The van der Waals surface area contributed by atoms with Crippen LogP contribution in [-0.2, 0) is 11.3 Å². The third kappa shape index (κ3) is 6.36. The molecule has 230 valence electrons. The summed E-state index contributed by atoms with van der Waals surface area (Å²) in [5.41, 5.74) is 8.10. The van der Waals surface area contributed by atoms with Gasteiger partial charge in [0.05, 0.1) is 39.5 Å². The van der Waals surface area contributed by atoms with Gasteiger partial charge in [-0.3, -0.25) is 14.3 Å². The number of esters is 1. The monoisotopic (exact) mass is 639 g/mol. The molecule has 0 fully saturated rings. The first-order valence-electron chi connectivity index (χ1n) is 12.9. The molecule has 10 nitrogen and oxygen atoms in total. The highest BCUT2D eigenvalue weighted by atomic mass is 35.5. The summed E-state index contributed by atoms with van der Waals surface area (Å²) in [5.74, 6) is 0.860. The normalized spacial score (nSPS) is 10.3. The van der Waals surface area contributed by atoms with Crippen LogP contribution < -0.4 is 30.2 Å². The number of fused-ring (bicyclic) bond motifs is 1. The quantitative estimate of drug-likeness (QED) is 0.156. The molecular formula is C32H31Cl2N3O7. The summed E-state index contributed by atoms with van der Waals surface area (Å²) in [7, 11) is 5.77. The highest BCUT2D eigenvalue weighted by Gasteiger charge is 2.27. The number of halogens is 2. The number of pyridine rings is 2. The van der Waals surface area contributed by atoms with E-state index in [0.717, 1.165) is 5.69 Å². The standard InChI is InChI=1S/C32H29N3O7.2ClH/c1-38-26-15-19(16-27(39-2)30(26)40-3)28-24-13-12-23(42-18-21-7-5-6-14-34-21)17-25(24)31(36)35(29(28)32(37)41-4)22-10-8-20(33)9-11-22;;/h5-17H,18,33H2,1-4H3;2*1H. The third-order valence-electron chi connectivity index (χ3n) is 6.75. The van der Waals surface area contributed by atoms with Crippen LogP contribution in [0.1, 0.15) is 16.2 Å². The molecule has 5 aromatic rings. The minimum atomic E-state index is -0.718. The van der Waals surface area contributed by atoms with Gasteiger partial charge < -0.3 is 29.4 Å². The second-order valence-corrected chi connectivity index (χ2v) is 9.18. The first-order chi connectivity index (χ1) is 20.4. The van der Waals surface area contributed by atoms with Gasteiger partial charge in [-0.2, -0.15) is 0 Å². The van der Waals surface area contributed by atoms with Gasteiger partial charge in [0.15, 0.2) is 11.5 Å². The second-order valence-electron chi connectivity index (χ2n) is 9.18. The molecule has 0 saturated carbocycles. The second kappa shape index (κ2) is 14.5. The molecule has 0 aliphatic carbocycles. The van der Waals surface area contributed by atoms with Gasteiger partial charge in [-0.15, -0.1) is 24.8 Å². The summed E-state index contributed by atoms with van der Waals surface area (Å²) in [6.45, 7) is 0.207. The van der Waals surface area contributed by atoms with Crippen molar-refractivity contribution in [2.24, 2.45) is 0 Å². The van der Waals surface area contributed by atoms with E-state index in [-0.39, 0.29) is 37.1 Å². The van der Waals surface area contributed by atoms with Gasteiger partial charge in [-0.1, -0.05) is 6.07 Å². The van der Waals surface area contributed by atoms with Crippen molar-refractivity contribution in [3.8, 4) is 39.8 Å². The van der Waals surface area contributed by atoms with Crippen molar-refractivity contribution in [1.82, 2.24) is 9.55 Å². The number of methoxy groups -OCH3 is 4. The summed E-state index contributed by atoms with van der Waals surface area (Å²) >= 11 is 0. The maximum atomic E-state index is 14.2. The molecule has 0 spiro atoms. The van der Waals surface area contributed by atoms with E-state index in [1.807, 2.05) is 18.2 Å². The van der Waals surface area contributed by atoms with E-state index >= 15 is 0 Å². The average Bonchev–Trinajstić information content (AvgIpc) is 3.03. The minimum absolute atomic E-state index is 0. The average molecular weight is 641 g/mol. The number of hydrogen-bond acceptors (Lipinski definition) is 9. The molecule has 2 N–H and O–H groups in total. The van der Waals surface area contributed by atoms with Crippen molar-refractivity contribution in [3.63, 3.8) is 0 Å². The molecule has 3 aromatic carbocycles. The van der Waals surface area contributed by atoms with Crippen LogP contribution in [0.25, 0.3) is 27.6 Å². The Morgan fingerprint density at radius 1 is 0.841 bits per heavy atom. The van der Waals surface area contributed by atoms with Crippen molar-refractivity contribution in [1.29, 1.82) is 0 Å². The molecule has 2 aromatic heterocycles. The van der Waals surface area contributed by atoms with Gasteiger partial charge in [-0.25, -0.2) is 4.79 Å². The largest absolute Gasteiger partial charge is 0.493 e. The SMILES string of the molecule is COC(=O)c1c(-c2cc(OC)c(OC)c(OC)c2)c2ccc(OCc3ccccn3)cc2c(=O)n1-c1ccc(N)cc1.Cl.Cl. The number of carbonyl (C=O) groups excluding carboxylic acids is 1. The Hall–Kier alpha value is -4.93. The number of ether oxygens (including phenoxy) is 5. The van der Waals surface area contributed by atoms with Crippen LogP contribution >= 0.6 is 24.8 Å². The number of nitrogens with two attached hydrogens (primary N) is 1.